The van der Waals surface area contributed by atoms with E-state index in [4.69, 9.17) is 9.47 Å². The summed E-state index contributed by atoms with van der Waals surface area (Å²) in [5, 5.41) is 2.84. The molecule has 0 radical (unpaired) electrons. The van der Waals surface area contributed by atoms with Crippen molar-refractivity contribution in [1.29, 1.82) is 0 Å². The summed E-state index contributed by atoms with van der Waals surface area (Å²) in [6.45, 7) is 7.39. The van der Waals surface area contributed by atoms with Crippen LogP contribution in [0.3, 0.4) is 0 Å². The average molecular weight is 439 g/mol. The van der Waals surface area contributed by atoms with E-state index in [2.05, 4.69) is 23.5 Å². The first-order chi connectivity index (χ1) is 15.5. The highest BCUT2D eigenvalue weighted by molar-refractivity contribution is 5.81. The summed E-state index contributed by atoms with van der Waals surface area (Å²) < 4.78 is 11.1. The number of nitrogens with zero attached hydrogens (tertiary/aromatic N) is 1. The van der Waals surface area contributed by atoms with Gasteiger partial charge in [-0.3, -0.25) is 9.59 Å². The van der Waals surface area contributed by atoms with Crippen LogP contribution in [0.15, 0.2) is 48.5 Å². The van der Waals surface area contributed by atoms with E-state index >= 15 is 0 Å². The standard InChI is InChI=1S/C26H34N2O4/c1-5-23(25(29)27-14-16-31-4)32-21-12-11-19-13-15-28(26(30)18(2)3)24(22(19)17-21)20-9-7-6-8-10-20/h6-12,17-18,23-24H,5,13-16H2,1-4H3,(H,27,29)/t23-,24-/m1/s1. The Morgan fingerprint density at radius 3 is 2.56 bits per heavy atom. The smallest absolute Gasteiger partial charge is 0.261 e. The molecule has 1 aliphatic rings. The third-order valence-corrected chi connectivity index (χ3v) is 5.78. The van der Waals surface area contributed by atoms with Crippen LogP contribution in [0.4, 0.5) is 0 Å². The highest BCUT2D eigenvalue weighted by Gasteiger charge is 2.33. The second-order valence-corrected chi connectivity index (χ2v) is 8.41. The maximum Gasteiger partial charge on any atom is 0.261 e. The molecule has 0 spiro atoms. The van der Waals surface area contributed by atoms with Gasteiger partial charge in [0.05, 0.1) is 12.6 Å². The van der Waals surface area contributed by atoms with Gasteiger partial charge in [-0.25, -0.2) is 0 Å². The number of fused-ring (bicyclic) bond motifs is 1. The zero-order valence-electron chi connectivity index (χ0n) is 19.5. The molecule has 2 atom stereocenters. The molecular formula is C26H34N2O4. The van der Waals surface area contributed by atoms with Crippen LogP contribution in [0.5, 0.6) is 5.75 Å². The first-order valence-electron chi connectivity index (χ1n) is 11.4. The minimum absolute atomic E-state index is 0.0811. The van der Waals surface area contributed by atoms with Crippen molar-refractivity contribution < 1.29 is 19.1 Å². The molecule has 2 aromatic carbocycles. The molecule has 0 unspecified atom stereocenters. The first kappa shape index (κ1) is 23.8. The Labute approximate surface area is 190 Å². The lowest BCUT2D eigenvalue weighted by molar-refractivity contribution is -0.136. The van der Waals surface area contributed by atoms with Crippen molar-refractivity contribution in [2.45, 2.75) is 45.8 Å². The number of hydrogen-bond donors (Lipinski definition) is 1. The van der Waals surface area contributed by atoms with Crippen LogP contribution >= 0.6 is 0 Å². The van der Waals surface area contributed by atoms with E-state index in [1.165, 1.54) is 5.56 Å². The summed E-state index contributed by atoms with van der Waals surface area (Å²) in [6.07, 6.45) is 0.763. The number of carbonyl (C=O) groups excluding carboxylic acids is 2. The molecule has 0 saturated heterocycles. The second kappa shape index (κ2) is 11.1. The largest absolute Gasteiger partial charge is 0.481 e. The van der Waals surface area contributed by atoms with Crippen LogP contribution in [-0.4, -0.2) is 49.6 Å². The number of benzene rings is 2. The lowest BCUT2D eigenvalue weighted by atomic mass is 9.87. The zero-order valence-corrected chi connectivity index (χ0v) is 19.5. The Balaban J connectivity index is 1.91. The molecule has 172 valence electrons. The second-order valence-electron chi connectivity index (χ2n) is 8.41. The number of ether oxygens (including phenoxy) is 2. The summed E-state index contributed by atoms with van der Waals surface area (Å²) in [5.74, 6) is 0.540. The summed E-state index contributed by atoms with van der Waals surface area (Å²) >= 11 is 0. The van der Waals surface area contributed by atoms with Gasteiger partial charge < -0.3 is 19.7 Å². The maximum absolute atomic E-state index is 13.0. The minimum atomic E-state index is -0.586. The van der Waals surface area contributed by atoms with Crippen LogP contribution in [0.2, 0.25) is 0 Å². The third kappa shape index (κ3) is 5.49. The van der Waals surface area contributed by atoms with Crippen molar-refractivity contribution in [2.75, 3.05) is 26.8 Å². The molecular weight excluding hydrogens is 404 g/mol. The summed E-state index contributed by atoms with van der Waals surface area (Å²) in [6, 6.07) is 15.9. The van der Waals surface area contributed by atoms with Crippen molar-refractivity contribution in [3.63, 3.8) is 0 Å². The molecule has 32 heavy (non-hydrogen) atoms. The molecule has 6 heteroatoms. The van der Waals surface area contributed by atoms with Gasteiger partial charge in [-0.2, -0.15) is 0 Å². The van der Waals surface area contributed by atoms with E-state index in [9.17, 15) is 9.59 Å². The van der Waals surface area contributed by atoms with Crippen molar-refractivity contribution >= 4 is 11.8 Å². The molecule has 2 aromatic rings. The van der Waals surface area contributed by atoms with Crippen molar-refractivity contribution in [3.05, 3.63) is 65.2 Å². The van der Waals surface area contributed by atoms with Crippen LogP contribution in [0, 0.1) is 5.92 Å². The molecule has 0 aliphatic carbocycles. The number of hydrogen-bond acceptors (Lipinski definition) is 4. The quantitative estimate of drug-likeness (QED) is 0.606. The Bertz CT molecular complexity index is 913. The topological polar surface area (TPSA) is 67.9 Å². The number of carbonyl (C=O) groups is 2. The molecule has 1 N–H and O–H groups in total. The molecule has 1 aliphatic heterocycles. The number of amides is 2. The normalized spacial score (nSPS) is 16.4. The number of nitrogens with one attached hydrogen (secondary N) is 1. The predicted octanol–water partition coefficient (Wildman–Crippen LogP) is 3.74. The molecule has 0 bridgehead atoms. The molecule has 0 fully saturated rings. The van der Waals surface area contributed by atoms with Gasteiger partial charge >= 0.3 is 0 Å². The van der Waals surface area contributed by atoms with Crippen molar-refractivity contribution in [3.8, 4) is 5.75 Å². The van der Waals surface area contributed by atoms with E-state index in [0.29, 0.717) is 31.9 Å². The van der Waals surface area contributed by atoms with Gasteiger partial charge in [0.25, 0.3) is 5.91 Å². The Morgan fingerprint density at radius 1 is 1.16 bits per heavy atom. The predicted molar refractivity (Wildman–Crippen MR) is 125 cm³/mol. The lowest BCUT2D eigenvalue weighted by Crippen LogP contribution is -2.42. The highest BCUT2D eigenvalue weighted by atomic mass is 16.5. The molecule has 2 amide bonds. The molecule has 1 heterocycles. The van der Waals surface area contributed by atoms with E-state index in [-0.39, 0.29) is 23.8 Å². The fourth-order valence-electron chi connectivity index (χ4n) is 4.11. The minimum Gasteiger partial charge on any atom is -0.481 e. The monoisotopic (exact) mass is 438 g/mol. The van der Waals surface area contributed by atoms with Gasteiger partial charge in [-0.15, -0.1) is 0 Å². The van der Waals surface area contributed by atoms with Crippen LogP contribution in [0.1, 0.15) is 49.9 Å². The maximum atomic E-state index is 13.0. The molecule has 0 aromatic heterocycles. The number of rotatable bonds is 9. The molecule has 3 rings (SSSR count). The van der Waals surface area contributed by atoms with Gasteiger partial charge in [-0.05, 0) is 41.7 Å². The zero-order chi connectivity index (χ0) is 23.1. The highest BCUT2D eigenvalue weighted by Crippen LogP contribution is 2.38. The lowest BCUT2D eigenvalue weighted by Gasteiger charge is -2.39. The summed E-state index contributed by atoms with van der Waals surface area (Å²) in [4.78, 5) is 27.5. The van der Waals surface area contributed by atoms with Crippen LogP contribution in [-0.2, 0) is 20.7 Å². The Kier molecular flexibility index (Phi) is 8.28. The van der Waals surface area contributed by atoms with Crippen LogP contribution < -0.4 is 10.1 Å². The molecule has 6 nitrogen and oxygen atoms in total. The van der Waals surface area contributed by atoms with E-state index in [1.807, 2.05) is 56.0 Å². The summed E-state index contributed by atoms with van der Waals surface area (Å²) in [5.41, 5.74) is 3.34. The van der Waals surface area contributed by atoms with Gasteiger partial charge in [0.1, 0.15) is 5.75 Å². The van der Waals surface area contributed by atoms with E-state index in [1.54, 1.807) is 7.11 Å². The van der Waals surface area contributed by atoms with Gasteiger partial charge in [0, 0.05) is 26.1 Å². The van der Waals surface area contributed by atoms with Crippen LogP contribution in [0.25, 0.3) is 0 Å². The molecule has 0 saturated carbocycles. The number of methoxy groups -OCH3 is 1. The summed E-state index contributed by atoms with van der Waals surface area (Å²) in [7, 11) is 1.60. The Hall–Kier alpha value is -2.86. The van der Waals surface area contributed by atoms with E-state index in [0.717, 1.165) is 17.5 Å². The van der Waals surface area contributed by atoms with Gasteiger partial charge in [0.2, 0.25) is 5.91 Å². The van der Waals surface area contributed by atoms with Gasteiger partial charge in [0.15, 0.2) is 6.10 Å². The van der Waals surface area contributed by atoms with Crippen molar-refractivity contribution in [2.24, 2.45) is 5.92 Å². The fraction of sp³-hybridized carbons (Fsp3) is 0.462. The average Bonchev–Trinajstić information content (AvgIpc) is 2.81. The first-order valence-corrected chi connectivity index (χ1v) is 11.4. The third-order valence-electron chi connectivity index (χ3n) is 5.78. The van der Waals surface area contributed by atoms with Crippen molar-refractivity contribution in [1.82, 2.24) is 10.2 Å². The fourth-order valence-corrected chi connectivity index (χ4v) is 4.11. The SMILES string of the molecule is CC[C@@H](Oc1ccc2c(c1)[C@@H](c1ccccc1)N(C(=O)C(C)C)CC2)C(=O)NCCOC. The van der Waals surface area contributed by atoms with E-state index < -0.39 is 6.10 Å². The Morgan fingerprint density at radius 2 is 1.91 bits per heavy atom. The van der Waals surface area contributed by atoms with Gasteiger partial charge in [-0.1, -0.05) is 57.2 Å².